The quantitative estimate of drug-likeness (QED) is 0.427. The van der Waals surface area contributed by atoms with Crippen LogP contribution in [0.3, 0.4) is 0 Å². The van der Waals surface area contributed by atoms with Gasteiger partial charge in [0.2, 0.25) is 5.82 Å². The number of aromatic nitrogens is 1. The molecule has 0 aliphatic heterocycles. The lowest BCUT2D eigenvalue weighted by Crippen LogP contribution is -2.38. The van der Waals surface area contributed by atoms with Gasteiger partial charge in [0.05, 0.1) is 12.0 Å². The van der Waals surface area contributed by atoms with Crippen LogP contribution in [0.15, 0.2) is 6.07 Å². The Morgan fingerprint density at radius 3 is 2.65 bits per heavy atom. The molecule has 1 rings (SSSR count). The van der Waals surface area contributed by atoms with Gasteiger partial charge in [-0.15, -0.1) is 0 Å². The molecule has 0 spiro atoms. The number of likely N-dealkylation sites (N-methyl/N-ethyl adjacent to an activating group) is 1. The third-order valence-electron chi connectivity index (χ3n) is 2.76. The molecule has 0 fully saturated rings. The van der Waals surface area contributed by atoms with Gasteiger partial charge in [0, 0.05) is 13.1 Å². The zero-order valence-corrected chi connectivity index (χ0v) is 12.6. The van der Waals surface area contributed by atoms with Crippen LogP contribution in [0, 0.1) is 10.1 Å². The Kier molecular flexibility index (Phi) is 5.62. The van der Waals surface area contributed by atoms with E-state index in [1.807, 2.05) is 5.32 Å². The highest BCUT2D eigenvalue weighted by atomic mass is 16.7. The zero-order valence-electron chi connectivity index (χ0n) is 12.6. The Hall–Kier alpha value is -3.15. The van der Waals surface area contributed by atoms with E-state index in [1.165, 1.54) is 21.1 Å². The molecule has 1 aromatic heterocycles. The monoisotopic (exact) mass is 328 g/mol. The molecule has 0 bridgehead atoms. The Morgan fingerprint density at radius 2 is 2.17 bits per heavy atom. The van der Waals surface area contributed by atoms with Crippen LogP contribution >= 0.6 is 0 Å². The van der Waals surface area contributed by atoms with Gasteiger partial charge in [0.1, 0.15) is 17.5 Å². The topological polar surface area (TPSA) is 173 Å². The number of amides is 2. The number of hydrogen-bond donors (Lipinski definition) is 4. The van der Waals surface area contributed by atoms with Gasteiger partial charge < -0.3 is 16.2 Å². The fraction of sp³-hybridized carbons (Fsp3) is 0.364. The average Bonchev–Trinajstić information content (AvgIpc) is 2.43. The van der Waals surface area contributed by atoms with Gasteiger partial charge in [-0.25, -0.2) is 14.8 Å². The number of nitrogens with one attached hydrogen (secondary N) is 2. The summed E-state index contributed by atoms with van der Waals surface area (Å²) in [5, 5.41) is 25.2. The lowest BCUT2D eigenvalue weighted by Gasteiger charge is -2.20. The third-order valence-corrected chi connectivity index (χ3v) is 2.76. The molecule has 23 heavy (non-hydrogen) atoms. The summed E-state index contributed by atoms with van der Waals surface area (Å²) in [6.45, 7) is 1.45. The molecular weight excluding hydrogens is 312 g/mol. The number of carboxylic acid groups (broad SMARTS) is 1. The van der Waals surface area contributed by atoms with Crippen molar-refractivity contribution in [2.45, 2.75) is 13.0 Å². The Morgan fingerprint density at radius 1 is 1.57 bits per heavy atom. The van der Waals surface area contributed by atoms with Crippen LogP contribution in [-0.2, 0) is 9.63 Å². The minimum Gasteiger partial charge on any atom is -0.465 e. The third kappa shape index (κ3) is 4.41. The molecule has 1 aromatic rings. The summed E-state index contributed by atoms with van der Waals surface area (Å²) < 4.78 is 0. The average molecular weight is 328 g/mol. The van der Waals surface area contributed by atoms with E-state index in [9.17, 15) is 19.7 Å². The van der Waals surface area contributed by atoms with Gasteiger partial charge in [0.15, 0.2) is 0 Å². The SMILES string of the molecule is CON(C)C(=O)[C@@H](C)Nc1cc(NC(=O)O)nc(N)c1[N+](=O)[O-]. The van der Waals surface area contributed by atoms with Crippen LogP contribution in [0.25, 0.3) is 0 Å². The number of hydroxylamine groups is 2. The van der Waals surface area contributed by atoms with Crippen molar-refractivity contribution in [3.63, 3.8) is 0 Å². The molecule has 0 saturated carbocycles. The number of carbonyl (C=O) groups is 2. The van der Waals surface area contributed by atoms with Crippen molar-refractivity contribution >= 4 is 35.0 Å². The lowest BCUT2D eigenvalue weighted by molar-refractivity contribution is -0.383. The van der Waals surface area contributed by atoms with E-state index in [1.54, 1.807) is 0 Å². The molecule has 1 heterocycles. The Bertz CT molecular complexity index is 636. The number of pyridine rings is 1. The summed E-state index contributed by atoms with van der Waals surface area (Å²) in [5.74, 6) is -1.23. The van der Waals surface area contributed by atoms with Crippen LogP contribution in [0.4, 0.5) is 27.8 Å². The van der Waals surface area contributed by atoms with Gasteiger partial charge >= 0.3 is 11.8 Å². The standard InChI is InChI=1S/C11H16N6O6/c1-5(10(18)16(2)23-3)13-6-4-7(15-11(19)20)14-9(12)8(6)17(21)22/h4-5H,1-3H3,(H,19,20)(H4,12,13,14,15)/t5-/m1/s1. The number of hydrogen-bond acceptors (Lipinski definition) is 8. The highest BCUT2D eigenvalue weighted by molar-refractivity contribution is 5.88. The molecule has 0 unspecified atom stereocenters. The molecule has 1 atom stereocenters. The van der Waals surface area contributed by atoms with Crippen molar-refractivity contribution < 1.29 is 24.5 Å². The second-order valence-electron chi connectivity index (χ2n) is 4.36. The summed E-state index contributed by atoms with van der Waals surface area (Å²) in [6.07, 6.45) is -1.42. The van der Waals surface area contributed by atoms with Crippen LogP contribution < -0.4 is 16.4 Å². The van der Waals surface area contributed by atoms with Crippen molar-refractivity contribution in [3.05, 3.63) is 16.2 Å². The molecule has 126 valence electrons. The fourth-order valence-electron chi connectivity index (χ4n) is 1.69. The fourth-order valence-corrected chi connectivity index (χ4v) is 1.69. The predicted octanol–water partition coefficient (Wildman–Crippen LogP) is 0.482. The van der Waals surface area contributed by atoms with Crippen LogP contribution in [0.5, 0.6) is 0 Å². The molecule has 0 aliphatic carbocycles. The highest BCUT2D eigenvalue weighted by Gasteiger charge is 2.26. The maximum Gasteiger partial charge on any atom is 0.410 e. The maximum absolute atomic E-state index is 11.9. The summed E-state index contributed by atoms with van der Waals surface area (Å²) >= 11 is 0. The molecule has 0 aromatic carbocycles. The van der Waals surface area contributed by atoms with Crippen molar-refractivity contribution in [2.24, 2.45) is 0 Å². The summed E-state index contributed by atoms with van der Waals surface area (Å²) in [7, 11) is 2.65. The van der Waals surface area contributed by atoms with Crippen molar-refractivity contribution in [2.75, 3.05) is 30.5 Å². The Balaban J connectivity index is 3.20. The second-order valence-corrected chi connectivity index (χ2v) is 4.36. The first kappa shape index (κ1) is 17.9. The molecule has 0 saturated heterocycles. The van der Waals surface area contributed by atoms with E-state index in [0.717, 1.165) is 11.1 Å². The minimum atomic E-state index is -1.42. The van der Waals surface area contributed by atoms with Gasteiger partial charge in [-0.2, -0.15) is 0 Å². The molecule has 0 radical (unpaired) electrons. The zero-order chi connectivity index (χ0) is 17.7. The van der Waals surface area contributed by atoms with E-state index in [4.69, 9.17) is 15.7 Å². The summed E-state index contributed by atoms with van der Waals surface area (Å²) in [6, 6.07) is 0.164. The maximum atomic E-state index is 11.9. The first-order chi connectivity index (χ1) is 10.7. The molecule has 0 aliphatic rings. The number of nitro groups is 1. The highest BCUT2D eigenvalue weighted by Crippen LogP contribution is 2.32. The van der Waals surface area contributed by atoms with Crippen molar-refractivity contribution in [3.8, 4) is 0 Å². The molecular formula is C11H16N6O6. The minimum absolute atomic E-state index is 0.156. The van der Waals surface area contributed by atoms with Crippen LogP contribution in [0.2, 0.25) is 0 Å². The predicted molar refractivity (Wildman–Crippen MR) is 79.8 cm³/mol. The number of anilines is 3. The van der Waals surface area contributed by atoms with E-state index in [-0.39, 0.29) is 11.5 Å². The van der Waals surface area contributed by atoms with Gasteiger partial charge in [-0.05, 0) is 6.92 Å². The summed E-state index contributed by atoms with van der Waals surface area (Å²) in [5.41, 5.74) is 4.77. The first-order valence-corrected chi connectivity index (χ1v) is 6.20. The number of nitrogen functional groups attached to an aromatic ring is 1. The molecule has 5 N–H and O–H groups in total. The van der Waals surface area contributed by atoms with Crippen LogP contribution in [-0.4, -0.2) is 52.3 Å². The van der Waals surface area contributed by atoms with Crippen molar-refractivity contribution in [1.29, 1.82) is 0 Å². The van der Waals surface area contributed by atoms with E-state index >= 15 is 0 Å². The number of rotatable bonds is 6. The van der Waals surface area contributed by atoms with Gasteiger partial charge in [-0.3, -0.25) is 25.1 Å². The van der Waals surface area contributed by atoms with Gasteiger partial charge in [0.25, 0.3) is 5.91 Å². The molecule has 12 heteroatoms. The van der Waals surface area contributed by atoms with E-state index < -0.39 is 34.5 Å². The van der Waals surface area contributed by atoms with Crippen molar-refractivity contribution in [1.82, 2.24) is 10.0 Å². The second kappa shape index (κ2) is 7.22. The molecule has 2 amide bonds. The molecule has 12 nitrogen and oxygen atoms in total. The number of carbonyl (C=O) groups excluding carboxylic acids is 1. The first-order valence-electron chi connectivity index (χ1n) is 6.20. The number of nitrogens with two attached hydrogens (primary N) is 1. The normalized spacial score (nSPS) is 11.4. The smallest absolute Gasteiger partial charge is 0.410 e. The van der Waals surface area contributed by atoms with E-state index in [0.29, 0.717) is 0 Å². The lowest BCUT2D eigenvalue weighted by atomic mass is 10.2. The van der Waals surface area contributed by atoms with Gasteiger partial charge in [-0.1, -0.05) is 0 Å². The largest absolute Gasteiger partial charge is 0.465 e. The summed E-state index contributed by atoms with van der Waals surface area (Å²) in [4.78, 5) is 41.2. The number of nitrogens with zero attached hydrogens (tertiary/aromatic N) is 3. The van der Waals surface area contributed by atoms with E-state index in [2.05, 4.69) is 10.3 Å². The van der Waals surface area contributed by atoms with Crippen LogP contribution in [0.1, 0.15) is 6.92 Å². The Labute approximate surface area is 130 Å².